The minimum absolute atomic E-state index is 0.0754. The van der Waals surface area contributed by atoms with Gasteiger partial charge in [0.25, 0.3) is 11.9 Å². The molecular formula is C26H29N5O5S. The van der Waals surface area contributed by atoms with Crippen LogP contribution in [0.25, 0.3) is 10.1 Å². The van der Waals surface area contributed by atoms with Gasteiger partial charge in [0.1, 0.15) is 17.2 Å². The predicted octanol–water partition coefficient (Wildman–Crippen LogP) is 5.22. The normalized spacial score (nSPS) is 13.9. The number of thiophene rings is 1. The molecular weight excluding hydrogens is 494 g/mol. The van der Waals surface area contributed by atoms with E-state index in [4.69, 9.17) is 18.9 Å². The Labute approximate surface area is 218 Å². The molecule has 1 aliphatic rings. The van der Waals surface area contributed by atoms with E-state index in [0.29, 0.717) is 28.0 Å². The van der Waals surface area contributed by atoms with Crippen molar-refractivity contribution < 1.29 is 23.7 Å². The number of tetrazole rings is 1. The largest absolute Gasteiger partial charge is 0.493 e. The van der Waals surface area contributed by atoms with E-state index in [1.165, 1.54) is 43.4 Å². The van der Waals surface area contributed by atoms with Crippen LogP contribution in [-0.2, 0) is 6.61 Å². The summed E-state index contributed by atoms with van der Waals surface area (Å²) in [5.74, 6) is 2.67. The van der Waals surface area contributed by atoms with Crippen molar-refractivity contribution in [2.24, 2.45) is 5.92 Å². The molecule has 1 saturated carbocycles. The zero-order chi connectivity index (χ0) is 25.6. The lowest BCUT2D eigenvalue weighted by Crippen LogP contribution is -2.15. The van der Waals surface area contributed by atoms with Crippen LogP contribution in [0.3, 0.4) is 0 Å². The highest BCUT2D eigenvalue weighted by Crippen LogP contribution is 2.44. The summed E-state index contributed by atoms with van der Waals surface area (Å²) >= 11 is 1.28. The van der Waals surface area contributed by atoms with Crippen LogP contribution in [0, 0.1) is 5.92 Å². The number of methoxy groups -OCH3 is 2. The number of hydrogen-bond donors (Lipinski definition) is 2. The number of rotatable bonds is 10. The van der Waals surface area contributed by atoms with Crippen LogP contribution in [0.1, 0.15) is 47.3 Å². The van der Waals surface area contributed by atoms with Gasteiger partial charge in [0, 0.05) is 16.2 Å². The SMILES string of the molecule is COc1cc2sc(C(=O)Nc3nn[nH]n3)c(OCc3cccc(OCC4CCCCC4)c3)c2cc1OC. The second-order valence-electron chi connectivity index (χ2n) is 8.90. The van der Waals surface area contributed by atoms with E-state index < -0.39 is 5.91 Å². The number of ether oxygens (including phenoxy) is 4. The van der Waals surface area contributed by atoms with Crippen LogP contribution >= 0.6 is 11.3 Å². The lowest BCUT2D eigenvalue weighted by Gasteiger charge is -2.21. The molecule has 2 aromatic carbocycles. The van der Waals surface area contributed by atoms with Gasteiger partial charge in [0.15, 0.2) is 17.2 Å². The Morgan fingerprint density at radius 3 is 2.65 bits per heavy atom. The van der Waals surface area contributed by atoms with Crippen molar-refractivity contribution in [3.8, 4) is 23.0 Å². The highest BCUT2D eigenvalue weighted by atomic mass is 32.1. The molecule has 4 aromatic rings. The molecule has 0 atom stereocenters. The van der Waals surface area contributed by atoms with Gasteiger partial charge in [-0.05, 0) is 47.7 Å². The molecule has 0 saturated heterocycles. The first-order valence-corrected chi connectivity index (χ1v) is 13.0. The lowest BCUT2D eigenvalue weighted by atomic mass is 9.90. The van der Waals surface area contributed by atoms with Crippen LogP contribution in [0.4, 0.5) is 5.95 Å². The van der Waals surface area contributed by atoms with Crippen molar-refractivity contribution >= 4 is 33.3 Å². The molecule has 10 nitrogen and oxygen atoms in total. The molecule has 0 unspecified atom stereocenters. The highest BCUT2D eigenvalue weighted by Gasteiger charge is 2.23. The number of H-pyrrole nitrogens is 1. The zero-order valence-corrected chi connectivity index (χ0v) is 21.6. The van der Waals surface area contributed by atoms with E-state index >= 15 is 0 Å². The summed E-state index contributed by atoms with van der Waals surface area (Å²) in [7, 11) is 3.14. The molecule has 5 rings (SSSR count). The molecule has 2 aromatic heterocycles. The Morgan fingerprint density at radius 2 is 1.89 bits per heavy atom. The van der Waals surface area contributed by atoms with Gasteiger partial charge >= 0.3 is 0 Å². The number of aromatic nitrogens is 4. The molecule has 0 bridgehead atoms. The second kappa shape index (κ2) is 11.5. The molecule has 11 heteroatoms. The van der Waals surface area contributed by atoms with Crippen LogP contribution in [0.2, 0.25) is 0 Å². The fourth-order valence-corrected chi connectivity index (χ4v) is 5.57. The first kappa shape index (κ1) is 24.8. The molecule has 1 amide bonds. The van der Waals surface area contributed by atoms with Crippen molar-refractivity contribution in [1.82, 2.24) is 20.6 Å². The van der Waals surface area contributed by atoms with Crippen LogP contribution in [-0.4, -0.2) is 47.4 Å². The van der Waals surface area contributed by atoms with Gasteiger partial charge in [0.05, 0.1) is 20.8 Å². The summed E-state index contributed by atoms with van der Waals surface area (Å²) in [6, 6.07) is 11.5. The van der Waals surface area contributed by atoms with Crippen molar-refractivity contribution in [3.05, 3.63) is 46.8 Å². The Morgan fingerprint density at radius 1 is 1.08 bits per heavy atom. The minimum atomic E-state index is -0.403. The monoisotopic (exact) mass is 523 g/mol. The van der Waals surface area contributed by atoms with Crippen LogP contribution in [0.15, 0.2) is 36.4 Å². The smallest absolute Gasteiger partial charge is 0.272 e. The van der Waals surface area contributed by atoms with E-state index in [1.54, 1.807) is 14.2 Å². The number of anilines is 1. The second-order valence-corrected chi connectivity index (χ2v) is 9.96. The van der Waals surface area contributed by atoms with Gasteiger partial charge in [-0.1, -0.05) is 36.5 Å². The fraction of sp³-hybridized carbons (Fsp3) is 0.385. The number of hydrogen-bond acceptors (Lipinski definition) is 9. The molecule has 1 fully saturated rings. The summed E-state index contributed by atoms with van der Waals surface area (Å²) < 4.78 is 24.1. The quantitative estimate of drug-likeness (QED) is 0.290. The maximum Gasteiger partial charge on any atom is 0.272 e. The predicted molar refractivity (Wildman–Crippen MR) is 140 cm³/mol. The first-order chi connectivity index (χ1) is 18.1. The molecule has 0 radical (unpaired) electrons. The average Bonchev–Trinajstić information content (AvgIpc) is 3.58. The van der Waals surface area contributed by atoms with Gasteiger partial charge in [-0.3, -0.25) is 10.1 Å². The van der Waals surface area contributed by atoms with Crippen LogP contribution < -0.4 is 24.3 Å². The third kappa shape index (κ3) is 5.77. The molecule has 37 heavy (non-hydrogen) atoms. The number of carbonyl (C=O) groups excluding carboxylic acids is 1. The third-order valence-corrected chi connectivity index (χ3v) is 7.55. The number of carbonyl (C=O) groups is 1. The number of amides is 1. The summed E-state index contributed by atoms with van der Waals surface area (Å²) in [6.45, 7) is 0.991. The summed E-state index contributed by atoms with van der Waals surface area (Å²) in [5.41, 5.74) is 0.936. The van der Waals surface area contributed by atoms with Gasteiger partial charge in [-0.15, -0.1) is 16.4 Å². The van der Waals surface area contributed by atoms with E-state index in [9.17, 15) is 4.79 Å². The molecule has 2 heterocycles. The average molecular weight is 524 g/mol. The molecule has 194 valence electrons. The Balaban J connectivity index is 1.38. The van der Waals surface area contributed by atoms with Gasteiger partial charge in [-0.2, -0.15) is 5.21 Å². The van der Waals surface area contributed by atoms with Crippen molar-refractivity contribution in [3.63, 3.8) is 0 Å². The van der Waals surface area contributed by atoms with Gasteiger partial charge in [-0.25, -0.2) is 0 Å². The Kier molecular flexibility index (Phi) is 7.69. The van der Waals surface area contributed by atoms with E-state index in [0.717, 1.165) is 28.0 Å². The number of nitrogens with zero attached hydrogens (tertiary/aromatic N) is 3. The maximum atomic E-state index is 13.1. The van der Waals surface area contributed by atoms with Crippen molar-refractivity contribution in [2.45, 2.75) is 38.7 Å². The van der Waals surface area contributed by atoms with Gasteiger partial charge < -0.3 is 18.9 Å². The third-order valence-electron chi connectivity index (χ3n) is 6.42. The zero-order valence-electron chi connectivity index (χ0n) is 20.8. The topological polar surface area (TPSA) is 120 Å². The Hall–Kier alpha value is -3.86. The number of fused-ring (bicyclic) bond motifs is 1. The molecule has 1 aliphatic carbocycles. The fourth-order valence-electron chi connectivity index (χ4n) is 4.52. The summed E-state index contributed by atoms with van der Waals surface area (Å²) in [6.07, 6.45) is 6.37. The first-order valence-electron chi connectivity index (χ1n) is 12.2. The maximum absolute atomic E-state index is 13.1. The number of benzene rings is 2. The standard InChI is InChI=1S/C26H29N5O5S/c1-33-20-12-19-22(13-21(20)34-2)37-24(25(32)27-26-28-30-31-29-26)23(19)36-15-17-9-6-10-18(11-17)35-14-16-7-4-3-5-8-16/h6,9-13,16H,3-5,7-8,14-15H2,1-2H3,(H2,27,28,29,30,31,32). The van der Waals surface area contributed by atoms with Crippen molar-refractivity contribution in [1.29, 1.82) is 0 Å². The molecule has 0 spiro atoms. The van der Waals surface area contributed by atoms with Gasteiger partial charge in [0.2, 0.25) is 0 Å². The van der Waals surface area contributed by atoms with Crippen LogP contribution in [0.5, 0.6) is 23.0 Å². The minimum Gasteiger partial charge on any atom is -0.493 e. The number of nitrogens with one attached hydrogen (secondary N) is 2. The summed E-state index contributed by atoms with van der Waals surface area (Å²) in [5, 5.41) is 16.8. The molecule has 2 N–H and O–H groups in total. The van der Waals surface area contributed by atoms with E-state index in [1.807, 2.05) is 36.4 Å². The Bertz CT molecular complexity index is 1350. The van der Waals surface area contributed by atoms with E-state index in [-0.39, 0.29) is 12.6 Å². The highest BCUT2D eigenvalue weighted by molar-refractivity contribution is 7.21. The van der Waals surface area contributed by atoms with E-state index in [2.05, 4.69) is 25.9 Å². The van der Waals surface area contributed by atoms with Crippen molar-refractivity contribution in [2.75, 3.05) is 26.1 Å². The number of aromatic amines is 1. The summed E-state index contributed by atoms with van der Waals surface area (Å²) in [4.78, 5) is 13.5. The molecule has 0 aliphatic heterocycles. The lowest BCUT2D eigenvalue weighted by molar-refractivity contribution is 0.102.